The molecule has 2 aliphatic carbocycles. The van der Waals surface area contributed by atoms with Gasteiger partial charge >= 0.3 is 0 Å². The van der Waals surface area contributed by atoms with Crippen molar-refractivity contribution in [1.82, 2.24) is 15.2 Å². The summed E-state index contributed by atoms with van der Waals surface area (Å²) in [6, 6.07) is 18.0. The molecule has 3 fully saturated rings. The molecule has 1 saturated heterocycles. The molecule has 0 unspecified atom stereocenters. The van der Waals surface area contributed by atoms with Crippen LogP contribution in [0, 0.1) is 17.3 Å². The number of nitrogens with one attached hydrogen (secondary N) is 3. The van der Waals surface area contributed by atoms with E-state index in [1.165, 1.54) is 33.4 Å². The first-order valence-electron chi connectivity index (χ1n) is 14.2. The Hall–Kier alpha value is -2.34. The fraction of sp³-hybridized carbons (Fsp3) is 0.562. The number of likely N-dealkylation sites (N-methyl/N-ethyl adjacent to an activating group) is 2. The molecule has 2 aromatic carbocycles. The van der Waals surface area contributed by atoms with Crippen molar-refractivity contribution in [1.29, 1.82) is 0 Å². The van der Waals surface area contributed by atoms with Gasteiger partial charge in [-0.25, -0.2) is 0 Å². The van der Waals surface area contributed by atoms with Gasteiger partial charge in [0.2, 0.25) is 0 Å². The van der Waals surface area contributed by atoms with Gasteiger partial charge in [0.05, 0.1) is 5.60 Å². The third-order valence-corrected chi connectivity index (χ3v) is 10.9. The highest BCUT2D eigenvalue weighted by molar-refractivity contribution is 5.85. The van der Waals surface area contributed by atoms with Crippen LogP contribution in [0.25, 0.3) is 10.9 Å². The molecule has 4 N–H and O–H groups in total. The second-order valence-electron chi connectivity index (χ2n) is 13.5. The minimum atomic E-state index is -0.671. The summed E-state index contributed by atoms with van der Waals surface area (Å²) in [5, 5.41) is 20.6. The van der Waals surface area contributed by atoms with Crippen molar-refractivity contribution in [2.24, 2.45) is 17.3 Å². The minimum Gasteiger partial charge on any atom is -0.390 e. The summed E-state index contributed by atoms with van der Waals surface area (Å²) in [4.78, 5) is 6.66. The number of H-pyrrole nitrogens is 1. The standard InChI is InChI=1S/C32H42N4O/c1-29(2)19-30(3,37)18-23-26(29)27(28-21(14-16-33-4)20-10-6-8-12-24(20)34-28)31-15-17-36(5)32(23,31)35-25-13-9-7-11-22(25)31/h6-13,23,26-27,33-35,37H,14-19H2,1-5H3/t23-,26-,27-,30+,31+,32+/m0/s1. The summed E-state index contributed by atoms with van der Waals surface area (Å²) in [7, 11) is 4.38. The van der Waals surface area contributed by atoms with E-state index in [0.29, 0.717) is 17.8 Å². The maximum Gasteiger partial charge on any atom is 0.104 e. The molecular weight excluding hydrogens is 456 g/mol. The summed E-state index contributed by atoms with van der Waals surface area (Å²) in [5.41, 5.74) is 6.00. The van der Waals surface area contributed by atoms with Gasteiger partial charge in [-0.05, 0) is 87.8 Å². The molecule has 0 bridgehead atoms. The second-order valence-corrected chi connectivity index (χ2v) is 13.5. The second kappa shape index (κ2) is 7.62. The van der Waals surface area contributed by atoms with Crippen LogP contribution in [0.5, 0.6) is 0 Å². The van der Waals surface area contributed by atoms with Gasteiger partial charge in [0.1, 0.15) is 5.66 Å². The van der Waals surface area contributed by atoms with Gasteiger partial charge in [-0.15, -0.1) is 0 Å². The van der Waals surface area contributed by atoms with Crippen molar-refractivity contribution >= 4 is 16.6 Å². The Morgan fingerprint density at radius 1 is 1.08 bits per heavy atom. The van der Waals surface area contributed by atoms with Gasteiger partial charge in [0, 0.05) is 46.1 Å². The molecule has 0 spiro atoms. The highest BCUT2D eigenvalue weighted by atomic mass is 16.3. The zero-order valence-electron chi connectivity index (χ0n) is 23.0. The monoisotopic (exact) mass is 498 g/mol. The zero-order chi connectivity index (χ0) is 25.8. The number of rotatable bonds is 4. The Kier molecular flexibility index (Phi) is 4.89. The first-order valence-corrected chi connectivity index (χ1v) is 14.2. The van der Waals surface area contributed by atoms with E-state index in [1.54, 1.807) is 0 Å². The van der Waals surface area contributed by atoms with Crippen LogP contribution in [0.15, 0.2) is 48.5 Å². The molecule has 7 rings (SSSR count). The summed E-state index contributed by atoms with van der Waals surface area (Å²) < 4.78 is 0. The number of nitrogens with zero attached hydrogens (tertiary/aromatic N) is 1. The number of aliphatic hydroxyl groups is 1. The highest BCUT2D eigenvalue weighted by Crippen LogP contribution is 2.77. The van der Waals surface area contributed by atoms with Crippen molar-refractivity contribution in [2.75, 3.05) is 32.5 Å². The molecule has 3 heterocycles. The van der Waals surface area contributed by atoms with Gasteiger partial charge in [-0.3, -0.25) is 4.90 Å². The van der Waals surface area contributed by atoms with Gasteiger partial charge < -0.3 is 20.7 Å². The third-order valence-electron chi connectivity index (χ3n) is 10.9. The molecule has 6 atom stereocenters. The highest BCUT2D eigenvalue weighted by Gasteiger charge is 2.79. The van der Waals surface area contributed by atoms with E-state index >= 15 is 0 Å². The molecule has 5 nitrogen and oxygen atoms in total. The number of para-hydroxylation sites is 2. The van der Waals surface area contributed by atoms with Gasteiger partial charge in [-0.2, -0.15) is 0 Å². The molecule has 2 saturated carbocycles. The van der Waals surface area contributed by atoms with Crippen molar-refractivity contribution in [3.8, 4) is 0 Å². The molecule has 4 aliphatic rings. The lowest BCUT2D eigenvalue weighted by Crippen LogP contribution is -2.61. The van der Waals surface area contributed by atoms with Crippen LogP contribution < -0.4 is 10.6 Å². The molecule has 5 heteroatoms. The number of aromatic amines is 1. The average Bonchev–Trinajstić information content (AvgIpc) is 3.51. The summed E-state index contributed by atoms with van der Waals surface area (Å²) in [6.07, 6.45) is 3.80. The van der Waals surface area contributed by atoms with Crippen LogP contribution in [0.2, 0.25) is 0 Å². The maximum absolute atomic E-state index is 11.7. The van der Waals surface area contributed by atoms with E-state index in [1.807, 2.05) is 0 Å². The van der Waals surface area contributed by atoms with Crippen molar-refractivity contribution < 1.29 is 5.11 Å². The zero-order valence-corrected chi connectivity index (χ0v) is 23.0. The van der Waals surface area contributed by atoms with Crippen molar-refractivity contribution in [3.05, 3.63) is 65.4 Å². The Morgan fingerprint density at radius 3 is 2.65 bits per heavy atom. The first-order chi connectivity index (χ1) is 17.7. The van der Waals surface area contributed by atoms with E-state index < -0.39 is 5.60 Å². The molecule has 0 radical (unpaired) electrons. The smallest absolute Gasteiger partial charge is 0.104 e. The summed E-state index contributed by atoms with van der Waals surface area (Å²) >= 11 is 0. The lowest BCUT2D eigenvalue weighted by molar-refractivity contribution is -0.0970. The quantitative estimate of drug-likeness (QED) is 0.398. The molecule has 1 aromatic heterocycles. The predicted molar refractivity (Wildman–Crippen MR) is 151 cm³/mol. The van der Waals surface area contributed by atoms with Crippen LogP contribution >= 0.6 is 0 Å². The number of fused-ring (bicyclic) bond motifs is 3. The average molecular weight is 499 g/mol. The minimum absolute atomic E-state index is 0.00615. The normalized spacial score (nSPS) is 37.7. The fourth-order valence-electron chi connectivity index (χ4n) is 10.2. The fourth-order valence-corrected chi connectivity index (χ4v) is 10.2. The molecule has 3 aromatic rings. The lowest BCUT2D eigenvalue weighted by Gasteiger charge is -2.53. The van der Waals surface area contributed by atoms with E-state index in [-0.39, 0.29) is 16.5 Å². The molecule has 2 aliphatic heterocycles. The SMILES string of the molecule is CNCCc1c([C@@H]2[C@@H]3[C@H](C[C@@](C)(O)CC3(C)C)[C@]34Nc5ccccc5[C@]23CCN4C)[nH]c2ccccc12. The lowest BCUT2D eigenvalue weighted by atomic mass is 9.56. The van der Waals surface area contributed by atoms with Gasteiger partial charge in [0.25, 0.3) is 0 Å². The first kappa shape index (κ1) is 23.8. The van der Waals surface area contributed by atoms with Crippen LogP contribution in [-0.2, 0) is 11.8 Å². The number of aromatic nitrogens is 1. The van der Waals surface area contributed by atoms with Gasteiger partial charge in [-0.1, -0.05) is 50.2 Å². The van der Waals surface area contributed by atoms with Crippen molar-refractivity contribution in [2.45, 2.75) is 69.1 Å². The number of benzene rings is 2. The van der Waals surface area contributed by atoms with E-state index in [9.17, 15) is 5.11 Å². The van der Waals surface area contributed by atoms with Gasteiger partial charge in [0.15, 0.2) is 0 Å². The number of hydrogen-bond donors (Lipinski definition) is 4. The number of likely N-dealkylation sites (tertiary alicyclic amines) is 1. The molecule has 196 valence electrons. The van der Waals surface area contributed by atoms with Crippen molar-refractivity contribution in [3.63, 3.8) is 0 Å². The molecule has 0 amide bonds. The predicted octanol–water partition coefficient (Wildman–Crippen LogP) is 5.23. The Bertz CT molecular complexity index is 1370. The van der Waals surface area contributed by atoms with E-state index in [2.05, 4.69) is 104 Å². The Morgan fingerprint density at radius 2 is 1.84 bits per heavy atom. The van der Waals surface area contributed by atoms with E-state index in [0.717, 1.165) is 38.8 Å². The maximum atomic E-state index is 11.7. The third kappa shape index (κ3) is 2.86. The van der Waals surface area contributed by atoms with Crippen LogP contribution in [0.4, 0.5) is 5.69 Å². The number of anilines is 1. The Balaban J connectivity index is 1.56. The van der Waals surface area contributed by atoms with E-state index in [4.69, 9.17) is 0 Å². The van der Waals surface area contributed by atoms with Crippen LogP contribution in [-0.4, -0.2) is 53.4 Å². The summed E-state index contributed by atoms with van der Waals surface area (Å²) in [5.74, 6) is 1.11. The molecule has 37 heavy (non-hydrogen) atoms. The van der Waals surface area contributed by atoms with Crippen LogP contribution in [0.1, 0.15) is 62.8 Å². The molecular formula is C32H42N4O. The summed E-state index contributed by atoms with van der Waals surface area (Å²) in [6.45, 7) is 8.96. The van der Waals surface area contributed by atoms with Crippen LogP contribution in [0.3, 0.4) is 0 Å². The Labute approximate surface area is 221 Å². The largest absolute Gasteiger partial charge is 0.390 e. The number of hydrogen-bond acceptors (Lipinski definition) is 4. The topological polar surface area (TPSA) is 63.3 Å².